The highest BCUT2D eigenvalue weighted by Crippen LogP contribution is 2.20. The van der Waals surface area contributed by atoms with Crippen molar-refractivity contribution in [1.29, 1.82) is 0 Å². The Kier molecular flexibility index (Phi) is 5.52. The third kappa shape index (κ3) is 9.31. The first-order valence-corrected chi connectivity index (χ1v) is 4.40. The third-order valence-electron chi connectivity index (χ3n) is 1.47. The Labute approximate surface area is 80.8 Å². The Morgan fingerprint density at radius 3 is 2.50 bits per heavy atom. The van der Waals surface area contributed by atoms with E-state index in [4.69, 9.17) is 5.73 Å². The molecule has 0 aliphatic heterocycles. The zero-order valence-corrected chi connectivity index (χ0v) is 8.03. The van der Waals surface area contributed by atoms with E-state index in [9.17, 15) is 18.0 Å². The number of alkyl halides is 3. The fraction of sp³-hybridized carbons (Fsp3) is 0.875. The van der Waals surface area contributed by atoms with Crippen LogP contribution in [0, 0.1) is 0 Å². The van der Waals surface area contributed by atoms with Gasteiger partial charge in [0, 0.05) is 25.4 Å². The second-order valence-electron chi connectivity index (χ2n) is 3.25. The smallest absolute Gasteiger partial charge is 0.356 e. The summed E-state index contributed by atoms with van der Waals surface area (Å²) in [5, 5.41) is 2.37. The normalized spacial score (nSPS) is 13.8. The lowest BCUT2D eigenvalue weighted by atomic mass is 10.2. The third-order valence-corrected chi connectivity index (χ3v) is 1.47. The van der Waals surface area contributed by atoms with Crippen molar-refractivity contribution in [3.63, 3.8) is 0 Å². The molecule has 3 N–H and O–H groups in total. The highest BCUT2D eigenvalue weighted by atomic mass is 19.4. The second-order valence-corrected chi connectivity index (χ2v) is 3.25. The van der Waals surface area contributed by atoms with Crippen LogP contribution < -0.4 is 11.1 Å². The number of nitrogens with two attached hydrogens (primary N) is 1. The van der Waals surface area contributed by atoms with Gasteiger partial charge in [0.1, 0.15) is 0 Å². The number of nitrogens with one attached hydrogen (secondary N) is 1. The van der Waals surface area contributed by atoms with Crippen LogP contribution in [0.1, 0.15) is 26.2 Å². The standard InChI is InChI=1S/C8H15F3N2O/c1-6(12)5-7(14)13-4-2-3-8(9,10)11/h6H,2-5,12H2,1H3,(H,13,14). The lowest BCUT2D eigenvalue weighted by molar-refractivity contribution is -0.136. The molecule has 0 spiro atoms. The topological polar surface area (TPSA) is 55.1 Å². The van der Waals surface area contributed by atoms with Crippen molar-refractivity contribution in [1.82, 2.24) is 5.32 Å². The number of hydrogen-bond acceptors (Lipinski definition) is 2. The monoisotopic (exact) mass is 212 g/mol. The predicted octanol–water partition coefficient (Wildman–Crippen LogP) is 1.18. The van der Waals surface area contributed by atoms with Gasteiger partial charge < -0.3 is 11.1 Å². The van der Waals surface area contributed by atoms with E-state index >= 15 is 0 Å². The van der Waals surface area contributed by atoms with E-state index in [1.54, 1.807) is 6.92 Å². The van der Waals surface area contributed by atoms with Crippen LogP contribution in [0.5, 0.6) is 0 Å². The molecule has 0 aromatic heterocycles. The highest BCUT2D eigenvalue weighted by molar-refractivity contribution is 5.76. The zero-order valence-electron chi connectivity index (χ0n) is 8.03. The molecule has 84 valence electrons. The first-order chi connectivity index (χ1) is 6.31. The first kappa shape index (κ1) is 13.2. The van der Waals surface area contributed by atoms with E-state index in [-0.39, 0.29) is 31.3 Å². The number of amides is 1. The Bertz CT molecular complexity index is 180. The summed E-state index contributed by atoms with van der Waals surface area (Å²) in [6, 6.07) is -0.266. The molecule has 0 aliphatic rings. The number of carbonyl (C=O) groups is 1. The molecule has 0 aromatic rings. The van der Waals surface area contributed by atoms with Crippen molar-refractivity contribution in [2.24, 2.45) is 5.73 Å². The molecule has 0 aliphatic carbocycles. The summed E-state index contributed by atoms with van der Waals surface area (Å²) in [6.07, 6.45) is -4.96. The van der Waals surface area contributed by atoms with Gasteiger partial charge in [0.2, 0.25) is 5.91 Å². The summed E-state index contributed by atoms with van der Waals surface area (Å²) >= 11 is 0. The first-order valence-electron chi connectivity index (χ1n) is 4.40. The number of hydrogen-bond donors (Lipinski definition) is 2. The van der Waals surface area contributed by atoms with Gasteiger partial charge in [-0.15, -0.1) is 0 Å². The fourth-order valence-corrected chi connectivity index (χ4v) is 0.881. The van der Waals surface area contributed by atoms with E-state index in [0.29, 0.717) is 0 Å². The molecule has 1 amide bonds. The van der Waals surface area contributed by atoms with Crippen LogP contribution in [0.15, 0.2) is 0 Å². The minimum atomic E-state index is -4.15. The van der Waals surface area contributed by atoms with Crippen LogP contribution >= 0.6 is 0 Å². The lowest BCUT2D eigenvalue weighted by Gasteiger charge is -2.08. The molecule has 0 rings (SSSR count). The van der Waals surface area contributed by atoms with Crippen molar-refractivity contribution >= 4 is 5.91 Å². The van der Waals surface area contributed by atoms with Gasteiger partial charge in [0.15, 0.2) is 0 Å². The van der Waals surface area contributed by atoms with Gasteiger partial charge in [-0.25, -0.2) is 0 Å². The maximum Gasteiger partial charge on any atom is 0.389 e. The van der Waals surface area contributed by atoms with Crippen LogP contribution in [-0.2, 0) is 4.79 Å². The molecule has 1 unspecified atom stereocenters. The van der Waals surface area contributed by atoms with Crippen molar-refractivity contribution in [3.8, 4) is 0 Å². The Morgan fingerprint density at radius 1 is 1.50 bits per heavy atom. The predicted molar refractivity (Wildman–Crippen MR) is 46.6 cm³/mol. The van der Waals surface area contributed by atoms with Crippen LogP contribution in [0.2, 0.25) is 0 Å². The Morgan fingerprint density at radius 2 is 2.07 bits per heavy atom. The minimum absolute atomic E-state index is 0.0467. The lowest BCUT2D eigenvalue weighted by Crippen LogP contribution is -2.30. The van der Waals surface area contributed by atoms with Crippen molar-refractivity contribution < 1.29 is 18.0 Å². The van der Waals surface area contributed by atoms with Crippen molar-refractivity contribution in [3.05, 3.63) is 0 Å². The molecular weight excluding hydrogens is 197 g/mol. The van der Waals surface area contributed by atoms with Crippen LogP contribution in [0.25, 0.3) is 0 Å². The average Bonchev–Trinajstić information content (AvgIpc) is 1.95. The maximum atomic E-state index is 11.7. The van der Waals surface area contributed by atoms with Gasteiger partial charge in [-0.05, 0) is 13.3 Å². The summed E-state index contributed by atoms with van der Waals surface area (Å²) < 4.78 is 35.0. The number of carbonyl (C=O) groups excluding carboxylic acids is 1. The SMILES string of the molecule is CC(N)CC(=O)NCCCC(F)(F)F. The van der Waals surface area contributed by atoms with E-state index < -0.39 is 12.6 Å². The van der Waals surface area contributed by atoms with Gasteiger partial charge in [-0.2, -0.15) is 13.2 Å². The van der Waals surface area contributed by atoms with Gasteiger partial charge in [-0.3, -0.25) is 4.79 Å². The zero-order chi connectivity index (χ0) is 11.2. The molecule has 14 heavy (non-hydrogen) atoms. The molecule has 0 fully saturated rings. The summed E-state index contributed by atoms with van der Waals surface area (Å²) in [7, 11) is 0. The molecule has 0 radical (unpaired) electrons. The largest absolute Gasteiger partial charge is 0.389 e. The molecule has 0 heterocycles. The van der Waals surface area contributed by atoms with Crippen LogP contribution in [0.3, 0.4) is 0 Å². The van der Waals surface area contributed by atoms with Crippen LogP contribution in [0.4, 0.5) is 13.2 Å². The highest BCUT2D eigenvalue weighted by Gasteiger charge is 2.25. The molecular formula is C8H15F3N2O. The van der Waals surface area contributed by atoms with Crippen molar-refractivity contribution in [2.75, 3.05) is 6.54 Å². The van der Waals surface area contributed by atoms with E-state index in [2.05, 4.69) is 5.32 Å². The van der Waals surface area contributed by atoms with Gasteiger partial charge >= 0.3 is 6.18 Å². The molecule has 3 nitrogen and oxygen atoms in total. The van der Waals surface area contributed by atoms with Crippen molar-refractivity contribution in [2.45, 2.75) is 38.4 Å². The van der Waals surface area contributed by atoms with Gasteiger partial charge in [0.25, 0.3) is 0 Å². The van der Waals surface area contributed by atoms with E-state index in [0.717, 1.165) is 0 Å². The maximum absolute atomic E-state index is 11.7. The molecule has 6 heteroatoms. The van der Waals surface area contributed by atoms with E-state index in [1.165, 1.54) is 0 Å². The number of halogens is 3. The Balaban J connectivity index is 3.41. The fourth-order valence-electron chi connectivity index (χ4n) is 0.881. The molecule has 0 aromatic carbocycles. The minimum Gasteiger partial charge on any atom is -0.356 e. The second kappa shape index (κ2) is 5.85. The molecule has 1 atom stereocenters. The summed E-state index contributed by atoms with van der Waals surface area (Å²) in [6.45, 7) is 1.71. The molecule has 0 saturated carbocycles. The molecule has 0 bridgehead atoms. The number of rotatable bonds is 5. The van der Waals surface area contributed by atoms with Crippen LogP contribution in [-0.4, -0.2) is 24.7 Å². The Hall–Kier alpha value is -0.780. The van der Waals surface area contributed by atoms with E-state index in [1.807, 2.05) is 0 Å². The molecule has 0 saturated heterocycles. The summed E-state index contributed by atoms with van der Waals surface area (Å²) in [5.74, 6) is -0.304. The van der Waals surface area contributed by atoms with Gasteiger partial charge in [-0.1, -0.05) is 0 Å². The summed E-state index contributed by atoms with van der Waals surface area (Å²) in [5.41, 5.74) is 5.33. The average molecular weight is 212 g/mol. The van der Waals surface area contributed by atoms with Gasteiger partial charge in [0.05, 0.1) is 0 Å². The summed E-state index contributed by atoms with van der Waals surface area (Å²) in [4.78, 5) is 10.9. The quantitative estimate of drug-likeness (QED) is 0.672.